The molecule has 0 fully saturated rings. The van der Waals surface area contributed by atoms with Crippen molar-refractivity contribution < 1.29 is 0 Å². The molecular weight excluding hydrogens is 310 g/mol. The number of rotatable bonds is 8. The van der Waals surface area contributed by atoms with Gasteiger partial charge in [0.2, 0.25) is 0 Å². The molecule has 130 valence electrons. The second-order valence-electron chi connectivity index (χ2n) is 6.50. The first-order valence-electron chi connectivity index (χ1n) is 8.55. The van der Waals surface area contributed by atoms with Gasteiger partial charge in [0.05, 0.1) is 11.9 Å². The van der Waals surface area contributed by atoms with E-state index in [1.54, 1.807) is 0 Å². The molecule has 0 radical (unpaired) electrons. The average Bonchev–Trinajstić information content (AvgIpc) is 3.10. The van der Waals surface area contributed by atoms with Crippen LogP contribution in [-0.2, 0) is 13.1 Å². The monoisotopic (exact) mass is 335 g/mol. The van der Waals surface area contributed by atoms with Crippen molar-refractivity contribution >= 4 is 0 Å². The highest BCUT2D eigenvalue weighted by molar-refractivity contribution is 5.30. The van der Waals surface area contributed by atoms with E-state index in [0.717, 1.165) is 31.9 Å². The van der Waals surface area contributed by atoms with E-state index in [1.807, 2.05) is 47.5 Å². The van der Waals surface area contributed by atoms with Gasteiger partial charge in [-0.05, 0) is 37.9 Å². The Morgan fingerprint density at radius 1 is 0.880 bits per heavy atom. The fourth-order valence-electron chi connectivity index (χ4n) is 2.73. The fraction of sp³-hybridized carbons (Fsp3) is 0.300. The van der Waals surface area contributed by atoms with Crippen LogP contribution in [0.5, 0.6) is 0 Å². The highest BCUT2D eigenvalue weighted by atomic mass is 15.3. The highest BCUT2D eigenvalue weighted by Crippen LogP contribution is 2.12. The van der Waals surface area contributed by atoms with E-state index < -0.39 is 0 Å². The molecule has 5 nitrogen and oxygen atoms in total. The number of hydrogen-bond donors (Lipinski definition) is 0. The fourth-order valence-corrected chi connectivity index (χ4v) is 2.73. The van der Waals surface area contributed by atoms with Crippen LogP contribution in [0.25, 0.3) is 5.69 Å². The second-order valence-corrected chi connectivity index (χ2v) is 6.50. The van der Waals surface area contributed by atoms with Crippen LogP contribution in [0.15, 0.2) is 67.3 Å². The van der Waals surface area contributed by atoms with Crippen LogP contribution >= 0.6 is 0 Å². The smallest absolute Gasteiger partial charge is 0.0645 e. The van der Waals surface area contributed by atoms with Crippen LogP contribution in [0.3, 0.4) is 0 Å². The van der Waals surface area contributed by atoms with Crippen molar-refractivity contribution in [2.24, 2.45) is 0 Å². The van der Waals surface area contributed by atoms with E-state index in [2.05, 4.69) is 58.4 Å². The topological polar surface area (TPSA) is 37.2 Å². The molecule has 0 bridgehead atoms. The Morgan fingerprint density at radius 3 is 2.40 bits per heavy atom. The molecule has 0 atom stereocenters. The number of pyridine rings is 1. The predicted octanol–water partition coefficient (Wildman–Crippen LogP) is 2.83. The zero-order valence-electron chi connectivity index (χ0n) is 14.9. The van der Waals surface area contributed by atoms with Gasteiger partial charge in [0.15, 0.2) is 0 Å². The maximum Gasteiger partial charge on any atom is 0.0645 e. The largest absolute Gasteiger partial charge is 0.308 e. The van der Waals surface area contributed by atoms with E-state index in [0.29, 0.717) is 0 Å². The maximum absolute atomic E-state index is 4.51. The Bertz CT molecular complexity index is 752. The summed E-state index contributed by atoms with van der Waals surface area (Å²) >= 11 is 0. The number of benzene rings is 1. The zero-order valence-corrected chi connectivity index (χ0v) is 14.9. The predicted molar refractivity (Wildman–Crippen MR) is 100 cm³/mol. The SMILES string of the molecule is CN(C)CCN(Cc1cccnc1)Cc1cnn(-c2ccccc2)c1. The minimum atomic E-state index is 0.871. The van der Waals surface area contributed by atoms with Crippen LogP contribution in [0.2, 0.25) is 0 Å². The Hall–Kier alpha value is -2.50. The summed E-state index contributed by atoms with van der Waals surface area (Å²) in [7, 11) is 4.21. The Balaban J connectivity index is 1.70. The summed E-state index contributed by atoms with van der Waals surface area (Å²) in [6, 6.07) is 14.3. The van der Waals surface area contributed by atoms with Gasteiger partial charge in [-0.1, -0.05) is 24.3 Å². The van der Waals surface area contributed by atoms with Crippen molar-refractivity contribution in [3.8, 4) is 5.69 Å². The quantitative estimate of drug-likeness (QED) is 0.634. The molecule has 0 amide bonds. The third-order valence-electron chi connectivity index (χ3n) is 4.06. The van der Waals surface area contributed by atoms with Gasteiger partial charge in [0.1, 0.15) is 0 Å². The second kappa shape index (κ2) is 8.55. The van der Waals surface area contributed by atoms with Gasteiger partial charge < -0.3 is 4.90 Å². The lowest BCUT2D eigenvalue weighted by molar-refractivity contribution is 0.226. The van der Waals surface area contributed by atoms with Crippen molar-refractivity contribution in [1.82, 2.24) is 24.6 Å². The van der Waals surface area contributed by atoms with Gasteiger partial charge in [-0.3, -0.25) is 9.88 Å². The molecule has 2 aromatic heterocycles. The van der Waals surface area contributed by atoms with Gasteiger partial charge in [-0.15, -0.1) is 0 Å². The molecule has 1 aromatic carbocycles. The Kier molecular flexibility index (Phi) is 5.93. The van der Waals surface area contributed by atoms with E-state index in [-0.39, 0.29) is 0 Å². The molecule has 0 N–H and O–H groups in total. The standard InChI is InChI=1S/C20H25N5/c1-23(2)11-12-24(15-18-7-6-10-21-13-18)16-19-14-22-25(17-19)20-8-4-3-5-9-20/h3-10,13-14,17H,11-12,15-16H2,1-2H3. The maximum atomic E-state index is 4.51. The number of likely N-dealkylation sites (N-methyl/N-ethyl adjacent to an activating group) is 1. The molecule has 3 aromatic rings. The molecule has 5 heteroatoms. The molecule has 0 saturated carbocycles. The van der Waals surface area contributed by atoms with Crippen molar-refractivity contribution in [3.63, 3.8) is 0 Å². The summed E-state index contributed by atoms with van der Waals surface area (Å²) in [5.74, 6) is 0. The van der Waals surface area contributed by atoms with Gasteiger partial charge in [0, 0.05) is 50.3 Å². The zero-order chi connectivity index (χ0) is 17.5. The first-order valence-corrected chi connectivity index (χ1v) is 8.55. The number of nitrogens with zero attached hydrogens (tertiary/aromatic N) is 5. The lowest BCUT2D eigenvalue weighted by atomic mass is 10.2. The number of hydrogen-bond acceptors (Lipinski definition) is 4. The summed E-state index contributed by atoms with van der Waals surface area (Å²) < 4.78 is 1.93. The molecule has 0 aliphatic carbocycles. The number of para-hydroxylation sites is 1. The normalized spacial score (nSPS) is 11.4. The Labute approximate surface area is 149 Å². The first kappa shape index (κ1) is 17.3. The van der Waals surface area contributed by atoms with E-state index in [9.17, 15) is 0 Å². The van der Waals surface area contributed by atoms with Crippen molar-refractivity contribution in [2.75, 3.05) is 27.2 Å². The summed E-state index contributed by atoms with van der Waals surface area (Å²) in [4.78, 5) is 8.88. The molecule has 0 aliphatic rings. The minimum Gasteiger partial charge on any atom is -0.308 e. The van der Waals surface area contributed by atoms with E-state index >= 15 is 0 Å². The summed E-state index contributed by atoms with van der Waals surface area (Å²) in [6.45, 7) is 3.78. The van der Waals surface area contributed by atoms with Gasteiger partial charge in [-0.25, -0.2) is 4.68 Å². The van der Waals surface area contributed by atoms with Crippen molar-refractivity contribution in [1.29, 1.82) is 0 Å². The van der Waals surface area contributed by atoms with Gasteiger partial charge in [-0.2, -0.15) is 5.10 Å². The lowest BCUT2D eigenvalue weighted by Gasteiger charge is -2.23. The molecule has 0 spiro atoms. The molecule has 0 saturated heterocycles. The van der Waals surface area contributed by atoms with E-state index in [1.165, 1.54) is 11.1 Å². The highest BCUT2D eigenvalue weighted by Gasteiger charge is 2.10. The van der Waals surface area contributed by atoms with Crippen molar-refractivity contribution in [2.45, 2.75) is 13.1 Å². The molecule has 0 unspecified atom stereocenters. The van der Waals surface area contributed by atoms with Crippen LogP contribution in [0.4, 0.5) is 0 Å². The van der Waals surface area contributed by atoms with Gasteiger partial charge >= 0.3 is 0 Å². The minimum absolute atomic E-state index is 0.871. The Morgan fingerprint density at radius 2 is 1.68 bits per heavy atom. The average molecular weight is 335 g/mol. The molecule has 0 aliphatic heterocycles. The number of aromatic nitrogens is 3. The van der Waals surface area contributed by atoms with Crippen LogP contribution in [-0.4, -0.2) is 51.7 Å². The van der Waals surface area contributed by atoms with Crippen LogP contribution in [0.1, 0.15) is 11.1 Å². The molecule has 3 rings (SSSR count). The third-order valence-corrected chi connectivity index (χ3v) is 4.06. The summed E-state index contributed by atoms with van der Waals surface area (Å²) in [6.07, 6.45) is 7.83. The third kappa shape index (κ3) is 5.24. The van der Waals surface area contributed by atoms with E-state index in [4.69, 9.17) is 0 Å². The summed E-state index contributed by atoms with van der Waals surface area (Å²) in [5.41, 5.74) is 3.53. The van der Waals surface area contributed by atoms with Crippen LogP contribution in [0, 0.1) is 0 Å². The van der Waals surface area contributed by atoms with Crippen LogP contribution < -0.4 is 0 Å². The molecular formula is C20H25N5. The molecule has 2 heterocycles. The van der Waals surface area contributed by atoms with Gasteiger partial charge in [0.25, 0.3) is 0 Å². The van der Waals surface area contributed by atoms with Crippen molar-refractivity contribution in [3.05, 3.63) is 78.4 Å². The molecule has 25 heavy (non-hydrogen) atoms. The lowest BCUT2D eigenvalue weighted by Crippen LogP contribution is -2.31. The first-order chi connectivity index (χ1) is 12.2. The summed E-state index contributed by atoms with van der Waals surface area (Å²) in [5, 5.41) is 4.51.